The van der Waals surface area contributed by atoms with Crippen molar-refractivity contribution in [3.63, 3.8) is 0 Å². The van der Waals surface area contributed by atoms with Crippen LogP contribution in [-0.4, -0.2) is 16.1 Å². The lowest BCUT2D eigenvalue weighted by Crippen LogP contribution is -2.04. The summed E-state index contributed by atoms with van der Waals surface area (Å²) in [4.78, 5) is 16.5. The minimum Gasteiger partial charge on any atom is -0.478 e. The van der Waals surface area contributed by atoms with Crippen LogP contribution < -0.4 is 0 Å². The Morgan fingerprint density at radius 1 is 1.30 bits per heavy atom. The zero-order chi connectivity index (χ0) is 14.1. The molecule has 0 fully saturated rings. The predicted octanol–water partition coefficient (Wildman–Crippen LogP) is 3.56. The first-order valence-electron chi connectivity index (χ1n) is 6.33. The van der Waals surface area contributed by atoms with Crippen molar-refractivity contribution in [3.05, 3.63) is 53.0 Å². The van der Waals surface area contributed by atoms with Gasteiger partial charge in [-0.25, -0.2) is 14.2 Å². The van der Waals surface area contributed by atoms with Crippen LogP contribution >= 0.6 is 11.8 Å². The number of aryl methyl sites for hydroxylation is 2. The second kappa shape index (κ2) is 5.25. The number of aromatic carboxylic acids is 1. The van der Waals surface area contributed by atoms with Crippen molar-refractivity contribution in [1.82, 2.24) is 4.98 Å². The fourth-order valence-corrected chi connectivity index (χ4v) is 3.28. The molecule has 0 bridgehead atoms. The fraction of sp³-hybridized carbons (Fsp3) is 0.200. The number of benzene rings is 1. The largest absolute Gasteiger partial charge is 0.478 e. The number of nitrogens with zero attached hydrogens (tertiary/aromatic N) is 1. The Morgan fingerprint density at radius 3 is 2.90 bits per heavy atom. The SMILES string of the molecule is O=C(O)c1cc2c(nc1Sc1cccc(F)c1)CCC2. The van der Waals surface area contributed by atoms with Crippen LogP contribution in [-0.2, 0) is 12.8 Å². The van der Waals surface area contributed by atoms with E-state index in [0.29, 0.717) is 9.92 Å². The van der Waals surface area contributed by atoms with E-state index in [-0.39, 0.29) is 11.4 Å². The van der Waals surface area contributed by atoms with Gasteiger partial charge in [-0.2, -0.15) is 0 Å². The van der Waals surface area contributed by atoms with Crippen molar-refractivity contribution in [1.29, 1.82) is 0 Å². The molecule has 0 aliphatic heterocycles. The zero-order valence-electron chi connectivity index (χ0n) is 10.6. The molecular formula is C15H12FNO2S. The highest BCUT2D eigenvalue weighted by atomic mass is 32.2. The van der Waals surface area contributed by atoms with E-state index in [9.17, 15) is 14.3 Å². The number of pyridine rings is 1. The Kier molecular flexibility index (Phi) is 3.44. The van der Waals surface area contributed by atoms with Crippen molar-refractivity contribution < 1.29 is 14.3 Å². The molecule has 0 saturated carbocycles. The van der Waals surface area contributed by atoms with Gasteiger partial charge in [0.2, 0.25) is 0 Å². The number of rotatable bonds is 3. The lowest BCUT2D eigenvalue weighted by atomic mass is 10.1. The number of halogens is 1. The average molecular weight is 289 g/mol. The molecule has 0 saturated heterocycles. The number of hydrogen-bond donors (Lipinski definition) is 1. The van der Waals surface area contributed by atoms with Crippen LogP contribution in [0.3, 0.4) is 0 Å². The van der Waals surface area contributed by atoms with E-state index in [1.807, 2.05) is 0 Å². The lowest BCUT2D eigenvalue weighted by molar-refractivity contribution is 0.0692. The van der Waals surface area contributed by atoms with Crippen molar-refractivity contribution in [2.45, 2.75) is 29.2 Å². The van der Waals surface area contributed by atoms with Crippen molar-refractivity contribution >= 4 is 17.7 Å². The van der Waals surface area contributed by atoms with Gasteiger partial charge in [-0.3, -0.25) is 0 Å². The van der Waals surface area contributed by atoms with Gasteiger partial charge < -0.3 is 5.11 Å². The lowest BCUT2D eigenvalue weighted by Gasteiger charge is -2.08. The number of hydrogen-bond acceptors (Lipinski definition) is 3. The highest BCUT2D eigenvalue weighted by molar-refractivity contribution is 7.99. The highest BCUT2D eigenvalue weighted by Gasteiger charge is 2.20. The van der Waals surface area contributed by atoms with Gasteiger partial charge in [-0.1, -0.05) is 17.8 Å². The number of carboxylic acids is 1. The van der Waals surface area contributed by atoms with Crippen LogP contribution in [0.1, 0.15) is 28.0 Å². The summed E-state index contributed by atoms with van der Waals surface area (Å²) in [7, 11) is 0. The van der Waals surface area contributed by atoms with E-state index < -0.39 is 5.97 Å². The van der Waals surface area contributed by atoms with E-state index in [2.05, 4.69) is 4.98 Å². The predicted molar refractivity (Wildman–Crippen MR) is 73.7 cm³/mol. The van der Waals surface area contributed by atoms with Crippen molar-refractivity contribution in [3.8, 4) is 0 Å². The second-order valence-electron chi connectivity index (χ2n) is 4.67. The normalized spacial score (nSPS) is 13.2. The maximum absolute atomic E-state index is 13.2. The van der Waals surface area contributed by atoms with E-state index >= 15 is 0 Å². The van der Waals surface area contributed by atoms with Gasteiger partial charge >= 0.3 is 5.97 Å². The van der Waals surface area contributed by atoms with E-state index in [0.717, 1.165) is 30.5 Å². The molecule has 2 aromatic rings. The third-order valence-electron chi connectivity index (χ3n) is 3.26. The molecule has 1 aliphatic rings. The van der Waals surface area contributed by atoms with Crippen LogP contribution in [0.25, 0.3) is 0 Å². The van der Waals surface area contributed by atoms with Gasteiger partial charge in [-0.15, -0.1) is 0 Å². The van der Waals surface area contributed by atoms with Crippen LogP contribution in [0.15, 0.2) is 40.3 Å². The molecule has 102 valence electrons. The Hall–Kier alpha value is -1.88. The standard InChI is InChI=1S/C15H12FNO2S/c16-10-4-2-5-11(8-10)20-14-12(15(18)19)7-9-3-1-6-13(9)17-14/h2,4-5,7-8H,1,3,6H2,(H,18,19). The molecule has 1 N–H and O–H groups in total. The summed E-state index contributed by atoms with van der Waals surface area (Å²) in [5.41, 5.74) is 2.18. The van der Waals surface area contributed by atoms with Crippen molar-refractivity contribution in [2.24, 2.45) is 0 Å². The minimum atomic E-state index is -0.994. The van der Waals surface area contributed by atoms with Crippen LogP contribution in [0, 0.1) is 5.82 Å². The number of aromatic nitrogens is 1. The number of fused-ring (bicyclic) bond motifs is 1. The second-order valence-corrected chi connectivity index (χ2v) is 5.73. The summed E-state index contributed by atoms with van der Waals surface area (Å²) < 4.78 is 13.2. The Labute approximate surface area is 119 Å². The van der Waals surface area contributed by atoms with Gasteiger partial charge in [0.1, 0.15) is 10.8 Å². The smallest absolute Gasteiger partial charge is 0.338 e. The molecule has 0 atom stereocenters. The third kappa shape index (κ3) is 2.54. The number of carbonyl (C=O) groups is 1. The number of carboxylic acid groups (broad SMARTS) is 1. The monoisotopic (exact) mass is 289 g/mol. The molecule has 1 aromatic carbocycles. The molecule has 0 unspecified atom stereocenters. The zero-order valence-corrected chi connectivity index (χ0v) is 11.4. The first-order valence-corrected chi connectivity index (χ1v) is 7.14. The maximum Gasteiger partial charge on any atom is 0.338 e. The molecule has 0 radical (unpaired) electrons. The molecule has 20 heavy (non-hydrogen) atoms. The summed E-state index contributed by atoms with van der Waals surface area (Å²) in [5, 5.41) is 9.74. The molecular weight excluding hydrogens is 277 g/mol. The van der Waals surface area contributed by atoms with Crippen LogP contribution in [0.4, 0.5) is 4.39 Å². The Balaban J connectivity index is 2.01. The Bertz CT molecular complexity index is 688. The summed E-state index contributed by atoms with van der Waals surface area (Å²) >= 11 is 1.19. The quantitative estimate of drug-likeness (QED) is 0.938. The highest BCUT2D eigenvalue weighted by Crippen LogP contribution is 2.32. The molecule has 1 aromatic heterocycles. The fourth-order valence-electron chi connectivity index (χ4n) is 2.33. The van der Waals surface area contributed by atoms with Crippen molar-refractivity contribution in [2.75, 3.05) is 0 Å². The summed E-state index contributed by atoms with van der Waals surface area (Å²) in [6.45, 7) is 0. The van der Waals surface area contributed by atoms with E-state index in [1.54, 1.807) is 18.2 Å². The van der Waals surface area contributed by atoms with Crippen LogP contribution in [0.2, 0.25) is 0 Å². The molecule has 0 spiro atoms. The average Bonchev–Trinajstić information content (AvgIpc) is 2.84. The summed E-state index contributed by atoms with van der Waals surface area (Å²) in [5.74, 6) is -1.33. The summed E-state index contributed by atoms with van der Waals surface area (Å²) in [6.07, 6.45) is 2.77. The Morgan fingerprint density at radius 2 is 2.15 bits per heavy atom. The first kappa shape index (κ1) is 13.1. The summed E-state index contributed by atoms with van der Waals surface area (Å²) in [6, 6.07) is 7.79. The van der Waals surface area contributed by atoms with Crippen LogP contribution in [0.5, 0.6) is 0 Å². The van der Waals surface area contributed by atoms with Gasteiger partial charge in [0.15, 0.2) is 0 Å². The van der Waals surface area contributed by atoms with Gasteiger partial charge in [0.05, 0.1) is 5.56 Å². The van der Waals surface area contributed by atoms with E-state index in [1.165, 1.54) is 23.9 Å². The maximum atomic E-state index is 13.2. The molecule has 5 heteroatoms. The minimum absolute atomic E-state index is 0.194. The third-order valence-corrected chi connectivity index (χ3v) is 4.25. The van der Waals surface area contributed by atoms with E-state index in [4.69, 9.17) is 0 Å². The molecule has 1 heterocycles. The molecule has 3 rings (SSSR count). The molecule has 0 amide bonds. The van der Waals surface area contributed by atoms with Gasteiger partial charge in [-0.05, 0) is 49.1 Å². The topological polar surface area (TPSA) is 50.2 Å². The molecule has 1 aliphatic carbocycles. The van der Waals surface area contributed by atoms with Gasteiger partial charge in [0, 0.05) is 10.6 Å². The first-order chi connectivity index (χ1) is 9.63. The molecule has 3 nitrogen and oxygen atoms in total. The van der Waals surface area contributed by atoms with Gasteiger partial charge in [0.25, 0.3) is 0 Å².